The van der Waals surface area contributed by atoms with Crippen LogP contribution in [0.5, 0.6) is 0 Å². The molecule has 31 heavy (non-hydrogen) atoms. The Balaban J connectivity index is 1.71. The Morgan fingerprint density at radius 3 is 2.58 bits per heavy atom. The van der Waals surface area contributed by atoms with Crippen LogP contribution in [0.1, 0.15) is 85.5 Å². The molecule has 0 aliphatic heterocycles. The average Bonchev–Trinajstić information content (AvgIpc) is 3.04. The van der Waals surface area contributed by atoms with E-state index in [1.165, 1.54) is 31.3 Å². The number of rotatable bonds is 6. The fraction of sp³-hybridized carbons (Fsp3) is 0.778. The van der Waals surface area contributed by atoms with Crippen molar-refractivity contribution >= 4 is 0 Å². The number of aliphatic hydroxyl groups excluding tert-OH is 3. The summed E-state index contributed by atoms with van der Waals surface area (Å²) in [5.74, 6) is 1.74. The molecule has 0 aromatic rings. The van der Waals surface area contributed by atoms with E-state index in [1.54, 1.807) is 13.8 Å². The van der Waals surface area contributed by atoms with E-state index in [1.807, 2.05) is 0 Å². The minimum atomic E-state index is -1.04. The molecule has 3 saturated carbocycles. The van der Waals surface area contributed by atoms with E-state index < -0.39 is 23.9 Å². The topological polar surface area (TPSA) is 80.9 Å². The molecule has 4 heteroatoms. The quantitative estimate of drug-likeness (QED) is 0.491. The van der Waals surface area contributed by atoms with Crippen molar-refractivity contribution in [2.24, 2.45) is 23.2 Å². The molecule has 3 aliphatic rings. The fourth-order valence-electron chi connectivity index (χ4n) is 6.65. The molecule has 0 heterocycles. The van der Waals surface area contributed by atoms with E-state index >= 15 is 0 Å². The highest BCUT2D eigenvalue weighted by Crippen LogP contribution is 2.60. The molecule has 3 rings (SSSR count). The Hall–Kier alpha value is -0.940. The second-order valence-corrected chi connectivity index (χ2v) is 11.4. The van der Waals surface area contributed by atoms with E-state index in [-0.39, 0.29) is 5.41 Å². The summed E-state index contributed by atoms with van der Waals surface area (Å²) in [6.45, 7) is 12.2. The van der Waals surface area contributed by atoms with Crippen LogP contribution in [0.4, 0.5) is 0 Å². The van der Waals surface area contributed by atoms with Gasteiger partial charge in [-0.15, -0.1) is 0 Å². The summed E-state index contributed by atoms with van der Waals surface area (Å²) in [4.78, 5) is 0. The van der Waals surface area contributed by atoms with Gasteiger partial charge in [-0.25, -0.2) is 0 Å². The van der Waals surface area contributed by atoms with Crippen LogP contribution in [-0.4, -0.2) is 44.3 Å². The van der Waals surface area contributed by atoms with Crippen LogP contribution in [0, 0.1) is 23.2 Å². The zero-order chi connectivity index (χ0) is 23.0. The Morgan fingerprint density at radius 2 is 1.90 bits per heavy atom. The van der Waals surface area contributed by atoms with Crippen molar-refractivity contribution in [3.63, 3.8) is 0 Å². The first-order valence-electron chi connectivity index (χ1n) is 12.3. The Kier molecular flexibility index (Phi) is 7.57. The Labute approximate surface area is 188 Å². The van der Waals surface area contributed by atoms with Gasteiger partial charge < -0.3 is 20.4 Å². The number of allylic oxidation sites excluding steroid dienone is 3. The largest absolute Gasteiger partial charge is 0.393 e. The van der Waals surface area contributed by atoms with Gasteiger partial charge in [0.2, 0.25) is 0 Å². The van der Waals surface area contributed by atoms with Crippen LogP contribution >= 0.6 is 0 Å². The summed E-state index contributed by atoms with van der Waals surface area (Å²) in [7, 11) is 0. The SMILES string of the molecule is C=C1/C(=C\C=C2CCC[C@]3(C)[C@@H]([C@H](C)CCC(O)C(C)(C)O)CC[C@@H]23)C[C@@H](O)C[C@@H]1O. The monoisotopic (exact) mass is 432 g/mol. The van der Waals surface area contributed by atoms with Crippen LogP contribution in [0.2, 0.25) is 0 Å². The minimum Gasteiger partial charge on any atom is -0.393 e. The lowest BCUT2D eigenvalue weighted by atomic mass is 9.60. The molecule has 0 radical (unpaired) electrons. The van der Waals surface area contributed by atoms with Gasteiger partial charge in [0, 0.05) is 6.42 Å². The summed E-state index contributed by atoms with van der Waals surface area (Å²) in [6.07, 6.45) is 11.1. The lowest BCUT2D eigenvalue weighted by Gasteiger charge is -2.44. The van der Waals surface area contributed by atoms with Gasteiger partial charge in [0.1, 0.15) is 0 Å². The summed E-state index contributed by atoms with van der Waals surface area (Å²) < 4.78 is 0. The molecular weight excluding hydrogens is 388 g/mol. The minimum absolute atomic E-state index is 0.282. The van der Waals surface area contributed by atoms with Crippen molar-refractivity contribution in [2.45, 2.75) is 109 Å². The predicted octanol–water partition coefficient (Wildman–Crippen LogP) is 4.68. The zero-order valence-corrected chi connectivity index (χ0v) is 20.0. The van der Waals surface area contributed by atoms with Gasteiger partial charge in [-0.1, -0.05) is 38.2 Å². The zero-order valence-electron chi connectivity index (χ0n) is 20.0. The van der Waals surface area contributed by atoms with Gasteiger partial charge in [0.25, 0.3) is 0 Å². The van der Waals surface area contributed by atoms with Gasteiger partial charge in [0.15, 0.2) is 0 Å². The van der Waals surface area contributed by atoms with Gasteiger partial charge in [-0.05, 0) is 99.5 Å². The Morgan fingerprint density at radius 1 is 1.19 bits per heavy atom. The van der Waals surface area contributed by atoms with Gasteiger partial charge in [-0.3, -0.25) is 0 Å². The van der Waals surface area contributed by atoms with E-state index in [2.05, 4.69) is 32.6 Å². The molecule has 0 amide bonds. The third-order valence-electron chi connectivity index (χ3n) is 8.70. The van der Waals surface area contributed by atoms with Crippen molar-refractivity contribution in [1.29, 1.82) is 0 Å². The molecule has 7 atom stereocenters. The third kappa shape index (κ3) is 5.35. The standard InChI is InChI=1S/C27H44O4/c1-17(8-13-25(30)26(3,4)31)22-11-12-23-19(7-6-14-27(22,23)5)9-10-20-15-21(28)16-24(29)18(20)2/h9-10,17,21-25,28-31H,2,6-8,11-16H2,1,3-5H3/b19-9?,20-10-/t17-,21-,22-,23+,24+,25?,27-/m1/s1. The molecule has 0 aromatic carbocycles. The molecule has 4 nitrogen and oxygen atoms in total. The lowest BCUT2D eigenvalue weighted by Crippen LogP contribution is -2.38. The normalized spacial score (nSPS) is 39.0. The van der Waals surface area contributed by atoms with Crippen LogP contribution in [-0.2, 0) is 0 Å². The summed E-state index contributed by atoms with van der Waals surface area (Å²) >= 11 is 0. The maximum Gasteiger partial charge on any atom is 0.0849 e. The van der Waals surface area contributed by atoms with E-state index in [0.29, 0.717) is 37.0 Å². The molecule has 0 bridgehead atoms. The Bertz CT molecular complexity index is 715. The first-order chi connectivity index (χ1) is 14.4. The molecule has 3 fully saturated rings. The van der Waals surface area contributed by atoms with Crippen LogP contribution in [0.15, 0.2) is 35.5 Å². The second kappa shape index (κ2) is 9.51. The van der Waals surface area contributed by atoms with Crippen molar-refractivity contribution < 1.29 is 20.4 Å². The highest BCUT2D eigenvalue weighted by atomic mass is 16.3. The van der Waals surface area contributed by atoms with Crippen LogP contribution in [0.25, 0.3) is 0 Å². The maximum atomic E-state index is 10.3. The molecular formula is C27H44O4. The van der Waals surface area contributed by atoms with Gasteiger partial charge in [0.05, 0.1) is 23.9 Å². The second-order valence-electron chi connectivity index (χ2n) is 11.4. The van der Waals surface area contributed by atoms with E-state index in [0.717, 1.165) is 24.0 Å². The summed E-state index contributed by atoms with van der Waals surface area (Å²) in [5.41, 5.74) is 2.48. The average molecular weight is 433 g/mol. The van der Waals surface area contributed by atoms with Crippen LogP contribution < -0.4 is 0 Å². The molecule has 0 aromatic heterocycles. The van der Waals surface area contributed by atoms with E-state index in [9.17, 15) is 20.4 Å². The molecule has 3 aliphatic carbocycles. The van der Waals surface area contributed by atoms with Crippen molar-refractivity contribution in [1.82, 2.24) is 0 Å². The molecule has 4 N–H and O–H groups in total. The van der Waals surface area contributed by atoms with Crippen LogP contribution in [0.3, 0.4) is 0 Å². The van der Waals surface area contributed by atoms with Gasteiger partial charge in [-0.2, -0.15) is 0 Å². The highest BCUT2D eigenvalue weighted by molar-refractivity contribution is 5.38. The molecule has 0 spiro atoms. The molecule has 0 saturated heterocycles. The predicted molar refractivity (Wildman–Crippen MR) is 125 cm³/mol. The summed E-state index contributed by atoms with van der Waals surface area (Å²) in [6, 6.07) is 0. The van der Waals surface area contributed by atoms with Crippen molar-refractivity contribution in [3.05, 3.63) is 35.5 Å². The first kappa shape index (κ1) is 24.7. The number of hydrogen-bond donors (Lipinski definition) is 4. The van der Waals surface area contributed by atoms with Crippen molar-refractivity contribution in [3.8, 4) is 0 Å². The van der Waals surface area contributed by atoms with Gasteiger partial charge >= 0.3 is 0 Å². The smallest absolute Gasteiger partial charge is 0.0849 e. The van der Waals surface area contributed by atoms with Crippen molar-refractivity contribution in [2.75, 3.05) is 0 Å². The highest BCUT2D eigenvalue weighted by Gasteiger charge is 2.50. The molecule has 176 valence electrons. The fourth-order valence-corrected chi connectivity index (χ4v) is 6.65. The summed E-state index contributed by atoms with van der Waals surface area (Å²) in [5, 5.41) is 40.5. The number of aliphatic hydroxyl groups is 4. The van der Waals surface area contributed by atoms with E-state index in [4.69, 9.17) is 0 Å². The lowest BCUT2D eigenvalue weighted by molar-refractivity contribution is -0.0554. The molecule has 1 unspecified atom stereocenters. The maximum absolute atomic E-state index is 10.3. The first-order valence-corrected chi connectivity index (χ1v) is 12.3. The third-order valence-corrected chi connectivity index (χ3v) is 8.70. The number of fused-ring (bicyclic) bond motifs is 1. The number of hydrogen-bond acceptors (Lipinski definition) is 4.